The third-order valence-corrected chi connectivity index (χ3v) is 3.89. The summed E-state index contributed by atoms with van der Waals surface area (Å²) in [5.41, 5.74) is 1.77. The van der Waals surface area contributed by atoms with Crippen LogP contribution in [0.15, 0.2) is 27.5 Å². The molecule has 0 saturated heterocycles. The molecule has 0 aromatic carbocycles. The van der Waals surface area contributed by atoms with E-state index in [4.69, 9.17) is 4.52 Å². The van der Waals surface area contributed by atoms with Gasteiger partial charge < -0.3 is 9.42 Å². The molecule has 0 unspecified atom stereocenters. The van der Waals surface area contributed by atoms with E-state index in [1.54, 1.807) is 18.3 Å². The summed E-state index contributed by atoms with van der Waals surface area (Å²) in [6.45, 7) is 2.45. The first-order valence-corrected chi connectivity index (χ1v) is 6.93. The molecule has 0 radical (unpaired) electrons. The molecule has 0 bridgehead atoms. The first-order chi connectivity index (χ1) is 8.75. The summed E-state index contributed by atoms with van der Waals surface area (Å²) in [5, 5.41) is 7.81. The minimum atomic E-state index is 0.0300. The van der Waals surface area contributed by atoms with Crippen LogP contribution in [-0.2, 0) is 6.54 Å². The minimum Gasteiger partial charge on any atom is -0.361 e. The summed E-state index contributed by atoms with van der Waals surface area (Å²) in [7, 11) is 0. The van der Waals surface area contributed by atoms with Crippen LogP contribution < -0.4 is 0 Å². The molecule has 4 nitrogen and oxygen atoms in total. The molecule has 0 spiro atoms. The highest BCUT2D eigenvalue weighted by molar-refractivity contribution is 7.07. The van der Waals surface area contributed by atoms with Gasteiger partial charge in [-0.15, -0.1) is 0 Å². The van der Waals surface area contributed by atoms with Crippen molar-refractivity contribution in [1.82, 2.24) is 10.1 Å². The van der Waals surface area contributed by atoms with Crippen molar-refractivity contribution in [2.24, 2.45) is 0 Å². The van der Waals surface area contributed by atoms with E-state index in [1.165, 1.54) is 11.8 Å². The van der Waals surface area contributed by atoms with Gasteiger partial charge >= 0.3 is 0 Å². The predicted octanol–water partition coefficient (Wildman–Crippen LogP) is 2.85. The van der Waals surface area contributed by atoms with Crippen LogP contribution in [0.4, 0.5) is 0 Å². The van der Waals surface area contributed by atoms with Gasteiger partial charge in [0.05, 0.1) is 6.20 Å². The number of nitrogens with zero attached hydrogens (tertiary/aromatic N) is 2. The molecule has 18 heavy (non-hydrogen) atoms. The highest BCUT2D eigenvalue weighted by Gasteiger charge is 2.34. The smallest absolute Gasteiger partial charge is 0.259 e. The number of hydrogen-bond donors (Lipinski definition) is 0. The van der Waals surface area contributed by atoms with E-state index in [2.05, 4.69) is 16.6 Å². The van der Waals surface area contributed by atoms with Crippen molar-refractivity contribution in [3.8, 4) is 0 Å². The van der Waals surface area contributed by atoms with Gasteiger partial charge in [0.1, 0.15) is 11.3 Å². The Morgan fingerprint density at radius 2 is 2.44 bits per heavy atom. The van der Waals surface area contributed by atoms with Gasteiger partial charge in [0.2, 0.25) is 0 Å². The topological polar surface area (TPSA) is 46.3 Å². The van der Waals surface area contributed by atoms with Gasteiger partial charge in [-0.3, -0.25) is 4.79 Å². The summed E-state index contributed by atoms with van der Waals surface area (Å²) in [6.07, 6.45) is 3.71. The summed E-state index contributed by atoms with van der Waals surface area (Å²) in [6, 6.07) is 2.44. The summed E-state index contributed by atoms with van der Waals surface area (Å²) in [5.74, 6) is 0.624. The first kappa shape index (κ1) is 11.5. The zero-order valence-electron chi connectivity index (χ0n) is 10.1. The van der Waals surface area contributed by atoms with Crippen molar-refractivity contribution in [2.45, 2.75) is 32.4 Å². The fraction of sp³-hybridized carbons (Fsp3) is 0.385. The normalized spacial score (nSPS) is 14.7. The zero-order valence-corrected chi connectivity index (χ0v) is 10.9. The molecule has 0 aliphatic heterocycles. The van der Waals surface area contributed by atoms with Gasteiger partial charge in [0, 0.05) is 12.6 Å². The summed E-state index contributed by atoms with van der Waals surface area (Å²) >= 11 is 1.66. The van der Waals surface area contributed by atoms with E-state index in [1.807, 2.05) is 10.3 Å². The van der Waals surface area contributed by atoms with Crippen molar-refractivity contribution in [1.29, 1.82) is 0 Å². The van der Waals surface area contributed by atoms with E-state index < -0.39 is 0 Å². The lowest BCUT2D eigenvalue weighted by Crippen LogP contribution is -2.32. The number of rotatable bonds is 4. The highest BCUT2D eigenvalue weighted by Crippen LogP contribution is 2.30. The maximum Gasteiger partial charge on any atom is 0.259 e. The van der Waals surface area contributed by atoms with Gasteiger partial charge in [-0.05, 0) is 42.2 Å². The number of thiophene rings is 1. The highest BCUT2D eigenvalue weighted by atomic mass is 32.1. The molecule has 2 aromatic heterocycles. The predicted molar refractivity (Wildman–Crippen MR) is 68.5 cm³/mol. The van der Waals surface area contributed by atoms with Crippen LogP contribution in [0.25, 0.3) is 0 Å². The Morgan fingerprint density at radius 1 is 1.61 bits per heavy atom. The van der Waals surface area contributed by atoms with Crippen LogP contribution >= 0.6 is 11.3 Å². The van der Waals surface area contributed by atoms with Crippen LogP contribution in [0.3, 0.4) is 0 Å². The van der Waals surface area contributed by atoms with E-state index >= 15 is 0 Å². The maximum atomic E-state index is 12.5. The minimum absolute atomic E-state index is 0.0300. The Balaban J connectivity index is 1.82. The van der Waals surface area contributed by atoms with Crippen LogP contribution in [0.1, 0.15) is 34.5 Å². The second-order valence-electron chi connectivity index (χ2n) is 4.59. The Morgan fingerprint density at radius 3 is 3.00 bits per heavy atom. The molecule has 2 heterocycles. The molecule has 1 fully saturated rings. The Labute approximate surface area is 109 Å². The quantitative estimate of drug-likeness (QED) is 0.851. The fourth-order valence-corrected chi connectivity index (χ4v) is 2.65. The average Bonchev–Trinajstić information content (AvgIpc) is 2.89. The first-order valence-electron chi connectivity index (χ1n) is 5.99. The van der Waals surface area contributed by atoms with Crippen LogP contribution in [0, 0.1) is 6.92 Å². The second-order valence-corrected chi connectivity index (χ2v) is 5.37. The van der Waals surface area contributed by atoms with Gasteiger partial charge in [-0.2, -0.15) is 11.3 Å². The largest absolute Gasteiger partial charge is 0.361 e. The van der Waals surface area contributed by atoms with Gasteiger partial charge in [-0.1, -0.05) is 5.16 Å². The number of carbonyl (C=O) groups excluding carboxylic acids is 1. The summed E-state index contributed by atoms with van der Waals surface area (Å²) in [4.78, 5) is 14.4. The molecule has 3 rings (SSSR count). The van der Waals surface area contributed by atoms with Crippen molar-refractivity contribution in [3.63, 3.8) is 0 Å². The molecule has 5 heteroatoms. The van der Waals surface area contributed by atoms with Crippen molar-refractivity contribution < 1.29 is 9.32 Å². The zero-order chi connectivity index (χ0) is 12.5. The number of aromatic nitrogens is 1. The number of amides is 1. The number of aryl methyl sites for hydroxylation is 1. The van der Waals surface area contributed by atoms with E-state index in [-0.39, 0.29) is 5.91 Å². The van der Waals surface area contributed by atoms with Crippen molar-refractivity contribution in [3.05, 3.63) is 39.9 Å². The third-order valence-electron chi connectivity index (χ3n) is 3.16. The molecule has 1 aliphatic rings. The molecule has 1 aliphatic carbocycles. The lowest BCUT2D eigenvalue weighted by Gasteiger charge is -2.21. The molecule has 0 N–H and O–H groups in total. The average molecular weight is 262 g/mol. The van der Waals surface area contributed by atoms with E-state index in [0.717, 1.165) is 12.8 Å². The molecule has 1 saturated carbocycles. The molecular formula is C13H14N2O2S. The van der Waals surface area contributed by atoms with Gasteiger partial charge in [0.25, 0.3) is 5.91 Å². The van der Waals surface area contributed by atoms with Crippen molar-refractivity contribution in [2.75, 3.05) is 0 Å². The lowest BCUT2D eigenvalue weighted by molar-refractivity contribution is 0.0728. The number of hydrogen-bond acceptors (Lipinski definition) is 4. The van der Waals surface area contributed by atoms with Crippen LogP contribution in [-0.4, -0.2) is 22.0 Å². The Bertz CT molecular complexity index is 543. The van der Waals surface area contributed by atoms with E-state index in [0.29, 0.717) is 23.9 Å². The fourth-order valence-electron chi connectivity index (χ4n) is 1.99. The van der Waals surface area contributed by atoms with Gasteiger partial charge in [0.15, 0.2) is 0 Å². The third kappa shape index (κ3) is 2.18. The Hall–Kier alpha value is -1.62. The second kappa shape index (κ2) is 4.57. The Kier molecular flexibility index (Phi) is 2.91. The van der Waals surface area contributed by atoms with Crippen molar-refractivity contribution >= 4 is 17.2 Å². The molecule has 0 atom stereocenters. The SMILES string of the molecule is Cc1oncc1C(=O)N(Cc1ccsc1)C1CC1. The standard InChI is InChI=1S/C13H14N2O2S/c1-9-12(6-14-17-9)13(16)15(11-2-3-11)7-10-4-5-18-8-10/h4-6,8,11H,2-3,7H2,1H3. The molecule has 2 aromatic rings. The van der Waals surface area contributed by atoms with Crippen LogP contribution in [0.5, 0.6) is 0 Å². The van der Waals surface area contributed by atoms with Gasteiger partial charge in [-0.25, -0.2) is 0 Å². The maximum absolute atomic E-state index is 12.5. The molecule has 94 valence electrons. The van der Waals surface area contributed by atoms with Crippen LogP contribution in [0.2, 0.25) is 0 Å². The number of carbonyl (C=O) groups is 1. The summed E-state index contributed by atoms with van der Waals surface area (Å²) < 4.78 is 4.98. The monoisotopic (exact) mass is 262 g/mol. The lowest BCUT2D eigenvalue weighted by atomic mass is 10.2. The van der Waals surface area contributed by atoms with E-state index in [9.17, 15) is 4.79 Å². The molecule has 1 amide bonds. The molecular weight excluding hydrogens is 248 g/mol.